The lowest BCUT2D eigenvalue weighted by molar-refractivity contribution is 0.0695. The Morgan fingerprint density at radius 3 is 2.40 bits per heavy atom. The van der Waals surface area contributed by atoms with Gasteiger partial charge in [0.25, 0.3) is 0 Å². The van der Waals surface area contributed by atoms with E-state index in [-0.39, 0.29) is 17.0 Å². The van der Waals surface area contributed by atoms with Gasteiger partial charge in [-0.05, 0) is 37.1 Å². The van der Waals surface area contributed by atoms with Crippen molar-refractivity contribution >= 4 is 39.9 Å². The summed E-state index contributed by atoms with van der Waals surface area (Å²) in [5.74, 6) is -1.86. The first-order valence-corrected chi connectivity index (χ1v) is 11.8. The van der Waals surface area contributed by atoms with Gasteiger partial charge in [-0.1, -0.05) is 28.9 Å². The molecule has 1 aliphatic carbocycles. The van der Waals surface area contributed by atoms with Crippen molar-refractivity contribution in [3.8, 4) is 0 Å². The molecule has 182 valence electrons. The minimum Gasteiger partial charge on any atom is -0.477 e. The zero-order valence-electron chi connectivity index (χ0n) is 18.8. The summed E-state index contributed by atoms with van der Waals surface area (Å²) in [6, 6.07) is 10.0. The molecule has 2 aliphatic rings. The highest BCUT2D eigenvalue weighted by Gasteiger charge is 2.28. The van der Waals surface area contributed by atoms with Gasteiger partial charge in [0.15, 0.2) is 0 Å². The molecule has 1 saturated carbocycles. The number of fused-ring (bicyclic) bond motifs is 1. The third kappa shape index (κ3) is 4.61. The molecule has 3 aromatic rings. The zero-order chi connectivity index (χ0) is 24.7. The average Bonchev–Trinajstić information content (AvgIpc) is 3.69. The summed E-state index contributed by atoms with van der Waals surface area (Å²) in [6.45, 7) is 2.77. The number of carboxylic acids is 1. The van der Waals surface area contributed by atoms with Crippen molar-refractivity contribution in [3.05, 3.63) is 74.8 Å². The minimum atomic E-state index is -1.31. The van der Waals surface area contributed by atoms with Crippen molar-refractivity contribution < 1.29 is 19.5 Å². The molecule has 0 bridgehead atoms. The number of aromatic carboxylic acids is 1. The predicted molar refractivity (Wildman–Crippen MR) is 132 cm³/mol. The van der Waals surface area contributed by atoms with Gasteiger partial charge in [-0.25, -0.2) is 9.18 Å². The first-order chi connectivity index (χ1) is 16.9. The number of oxime groups is 1. The molecule has 0 radical (unpaired) electrons. The number of piperazine rings is 1. The molecule has 35 heavy (non-hydrogen) atoms. The molecular formula is C25H24ClFN4O4. The van der Waals surface area contributed by atoms with Crippen molar-refractivity contribution in [2.24, 2.45) is 5.16 Å². The Morgan fingerprint density at radius 1 is 1.11 bits per heavy atom. The van der Waals surface area contributed by atoms with E-state index in [0.717, 1.165) is 18.4 Å². The number of carboxylic acid groups (broad SMARTS) is 1. The van der Waals surface area contributed by atoms with Crippen molar-refractivity contribution in [2.75, 3.05) is 37.6 Å². The first-order valence-electron chi connectivity index (χ1n) is 11.4. The van der Waals surface area contributed by atoms with Gasteiger partial charge in [0.2, 0.25) is 5.43 Å². The lowest BCUT2D eigenvalue weighted by Gasteiger charge is -2.36. The third-order valence-electron chi connectivity index (χ3n) is 6.66. The number of hydrogen-bond donors (Lipinski definition) is 2. The molecule has 1 aliphatic heterocycles. The van der Waals surface area contributed by atoms with Crippen LogP contribution >= 0.6 is 11.6 Å². The van der Waals surface area contributed by atoms with Crippen LogP contribution in [-0.2, 0) is 0 Å². The summed E-state index contributed by atoms with van der Waals surface area (Å²) in [4.78, 5) is 28.3. The van der Waals surface area contributed by atoms with Gasteiger partial charge in [0, 0.05) is 60.9 Å². The van der Waals surface area contributed by atoms with E-state index in [4.69, 9.17) is 11.6 Å². The Labute approximate surface area is 205 Å². The number of halogens is 2. The topological polar surface area (TPSA) is 98.4 Å². The van der Waals surface area contributed by atoms with E-state index >= 15 is 4.39 Å². The molecule has 0 amide bonds. The average molecular weight is 499 g/mol. The Hall–Kier alpha value is -3.43. The van der Waals surface area contributed by atoms with Crippen LogP contribution in [0.4, 0.5) is 10.1 Å². The van der Waals surface area contributed by atoms with Crippen LogP contribution in [0.2, 0.25) is 5.02 Å². The summed E-state index contributed by atoms with van der Waals surface area (Å²) < 4.78 is 17.0. The highest BCUT2D eigenvalue weighted by atomic mass is 35.5. The molecule has 0 unspecified atom stereocenters. The van der Waals surface area contributed by atoms with Gasteiger partial charge in [-0.2, -0.15) is 0 Å². The van der Waals surface area contributed by atoms with Crippen LogP contribution in [0.3, 0.4) is 0 Å². The number of aromatic nitrogens is 1. The Morgan fingerprint density at radius 2 is 1.80 bits per heavy atom. The number of anilines is 1. The molecule has 2 aromatic carbocycles. The fourth-order valence-corrected chi connectivity index (χ4v) is 4.72. The molecule has 8 nitrogen and oxygen atoms in total. The molecule has 2 fully saturated rings. The van der Waals surface area contributed by atoms with E-state index in [0.29, 0.717) is 54.7 Å². The van der Waals surface area contributed by atoms with E-state index in [1.807, 2.05) is 4.90 Å². The molecule has 10 heteroatoms. The van der Waals surface area contributed by atoms with E-state index in [9.17, 15) is 19.9 Å². The Bertz CT molecular complexity index is 1380. The Kier molecular flexibility index (Phi) is 6.21. The van der Waals surface area contributed by atoms with Crippen molar-refractivity contribution in [2.45, 2.75) is 18.9 Å². The molecule has 1 aromatic heterocycles. The number of rotatable bonds is 6. The summed E-state index contributed by atoms with van der Waals surface area (Å²) in [6.07, 6.45) is 3.17. The monoisotopic (exact) mass is 498 g/mol. The maximum atomic E-state index is 15.2. The molecule has 0 atom stereocenters. The van der Waals surface area contributed by atoms with E-state index in [1.54, 1.807) is 34.9 Å². The summed E-state index contributed by atoms with van der Waals surface area (Å²) >= 11 is 5.94. The van der Waals surface area contributed by atoms with Crippen LogP contribution in [0, 0.1) is 5.82 Å². The van der Waals surface area contributed by atoms with Crippen molar-refractivity contribution in [3.63, 3.8) is 0 Å². The molecule has 1 saturated heterocycles. The van der Waals surface area contributed by atoms with Crippen LogP contribution in [-0.4, -0.2) is 64.2 Å². The fraction of sp³-hybridized carbons (Fsp3) is 0.320. The quantitative estimate of drug-likeness (QED) is 0.304. The molecule has 2 N–H and O–H groups in total. The largest absolute Gasteiger partial charge is 0.477 e. The SMILES string of the molecule is O=C(O)c1cn(C2CC2)c2cc(N3CCN(C/C(=N\O)c4ccc(Cl)cc4)CC3)c(F)cc2c1=O. The lowest BCUT2D eigenvalue weighted by Crippen LogP contribution is -2.48. The van der Waals surface area contributed by atoms with Crippen LogP contribution in [0.1, 0.15) is 34.8 Å². The predicted octanol–water partition coefficient (Wildman–Crippen LogP) is 3.83. The first kappa shape index (κ1) is 23.3. The van der Waals surface area contributed by atoms with Gasteiger partial charge >= 0.3 is 5.97 Å². The second kappa shape index (κ2) is 9.31. The molecule has 5 rings (SSSR count). The number of nitrogens with zero attached hydrogens (tertiary/aromatic N) is 4. The second-order valence-corrected chi connectivity index (χ2v) is 9.39. The van der Waals surface area contributed by atoms with Gasteiger partial charge in [0.05, 0.1) is 11.2 Å². The molecule has 0 spiro atoms. The maximum absolute atomic E-state index is 15.2. The Balaban J connectivity index is 1.37. The van der Waals surface area contributed by atoms with Gasteiger partial charge in [-0.3, -0.25) is 9.69 Å². The zero-order valence-corrected chi connectivity index (χ0v) is 19.6. The number of hydrogen-bond acceptors (Lipinski definition) is 6. The lowest BCUT2D eigenvalue weighted by atomic mass is 10.1. The summed E-state index contributed by atoms with van der Waals surface area (Å²) in [5, 5.41) is 23.1. The van der Waals surface area contributed by atoms with Crippen LogP contribution in [0.5, 0.6) is 0 Å². The molecule has 2 heterocycles. The molecular weight excluding hydrogens is 475 g/mol. The number of benzene rings is 2. The van der Waals surface area contributed by atoms with Crippen LogP contribution in [0.25, 0.3) is 10.9 Å². The number of pyridine rings is 1. The second-order valence-electron chi connectivity index (χ2n) is 8.95. The third-order valence-corrected chi connectivity index (χ3v) is 6.91. The smallest absolute Gasteiger partial charge is 0.341 e. The highest BCUT2D eigenvalue weighted by molar-refractivity contribution is 6.30. The van der Waals surface area contributed by atoms with E-state index < -0.39 is 17.2 Å². The van der Waals surface area contributed by atoms with Crippen molar-refractivity contribution in [1.29, 1.82) is 0 Å². The van der Waals surface area contributed by atoms with E-state index in [2.05, 4.69) is 10.1 Å². The maximum Gasteiger partial charge on any atom is 0.341 e. The summed E-state index contributed by atoms with van der Waals surface area (Å²) in [7, 11) is 0. The van der Waals surface area contributed by atoms with Gasteiger partial charge < -0.3 is 19.8 Å². The highest BCUT2D eigenvalue weighted by Crippen LogP contribution is 2.38. The van der Waals surface area contributed by atoms with Gasteiger partial charge in [-0.15, -0.1) is 0 Å². The fourth-order valence-electron chi connectivity index (χ4n) is 4.59. The minimum absolute atomic E-state index is 0.0865. The summed E-state index contributed by atoms with van der Waals surface area (Å²) in [5.41, 5.74) is 1.24. The van der Waals surface area contributed by atoms with Crippen molar-refractivity contribution in [1.82, 2.24) is 9.47 Å². The standard InChI is InChI=1S/C25H24ClFN4O4/c26-16-3-1-15(2-4-16)21(28-35)14-29-7-9-30(10-8-29)23-12-22-18(11-20(23)27)24(32)19(25(33)34)13-31(22)17-5-6-17/h1-4,11-13,17,35H,5-10,14H2,(H,33,34)/b28-21+. The van der Waals surface area contributed by atoms with E-state index in [1.165, 1.54) is 12.3 Å². The van der Waals surface area contributed by atoms with Crippen LogP contribution in [0.15, 0.2) is 52.5 Å². The van der Waals surface area contributed by atoms with Gasteiger partial charge in [0.1, 0.15) is 17.1 Å². The normalized spacial score (nSPS) is 17.2. The number of carbonyl (C=O) groups is 1. The van der Waals surface area contributed by atoms with Crippen LogP contribution < -0.4 is 10.3 Å².